The van der Waals surface area contributed by atoms with Gasteiger partial charge in [0.2, 0.25) is 0 Å². The van der Waals surface area contributed by atoms with E-state index in [0.29, 0.717) is 6.54 Å². The molecule has 0 saturated carbocycles. The molecule has 1 saturated heterocycles. The van der Waals surface area contributed by atoms with E-state index in [0.717, 1.165) is 18.5 Å². The first-order chi connectivity index (χ1) is 9.29. The number of rotatable bonds is 3. The smallest absolute Gasteiger partial charge is 0.267 e. The van der Waals surface area contributed by atoms with Crippen molar-refractivity contribution in [2.45, 2.75) is 24.5 Å². The van der Waals surface area contributed by atoms with Gasteiger partial charge in [0.25, 0.3) is 10.1 Å². The van der Waals surface area contributed by atoms with Crippen LogP contribution in [0.25, 0.3) is 0 Å². The molecular formula is C14H20FNO3S. The minimum Gasteiger partial charge on any atom is -0.306 e. The van der Waals surface area contributed by atoms with E-state index in [4.69, 9.17) is 0 Å². The second kappa shape index (κ2) is 5.79. The minimum atomic E-state index is -4.08. The van der Waals surface area contributed by atoms with Gasteiger partial charge in [-0.3, -0.25) is 4.55 Å². The quantitative estimate of drug-likeness (QED) is 0.869. The number of hydrogen-bond acceptors (Lipinski definition) is 3. The molecule has 3 unspecified atom stereocenters. The maximum absolute atomic E-state index is 13.0. The summed E-state index contributed by atoms with van der Waals surface area (Å²) >= 11 is 0. The van der Waals surface area contributed by atoms with E-state index in [-0.39, 0.29) is 17.7 Å². The summed E-state index contributed by atoms with van der Waals surface area (Å²) in [6.45, 7) is 3.00. The maximum atomic E-state index is 13.0. The van der Waals surface area contributed by atoms with Gasteiger partial charge in [0.1, 0.15) is 5.82 Å². The Bertz CT molecular complexity index is 558. The molecule has 1 aliphatic rings. The van der Waals surface area contributed by atoms with Crippen molar-refractivity contribution < 1.29 is 17.4 Å². The molecule has 1 aromatic carbocycles. The molecule has 4 nitrogen and oxygen atoms in total. The number of nitrogens with zero attached hydrogens (tertiary/aromatic N) is 1. The molecule has 3 atom stereocenters. The zero-order valence-electron chi connectivity index (χ0n) is 11.7. The van der Waals surface area contributed by atoms with E-state index in [1.54, 1.807) is 12.1 Å². The zero-order chi connectivity index (χ0) is 14.9. The fourth-order valence-electron chi connectivity index (χ4n) is 2.97. The van der Waals surface area contributed by atoms with Crippen molar-refractivity contribution in [3.05, 3.63) is 35.6 Å². The van der Waals surface area contributed by atoms with Gasteiger partial charge < -0.3 is 4.90 Å². The van der Waals surface area contributed by atoms with Crippen LogP contribution in [0.5, 0.6) is 0 Å². The summed E-state index contributed by atoms with van der Waals surface area (Å²) in [5.41, 5.74) is 0.931. The average Bonchev–Trinajstić information content (AvgIpc) is 2.38. The Balaban J connectivity index is 2.31. The van der Waals surface area contributed by atoms with Crippen LogP contribution in [0.3, 0.4) is 0 Å². The summed E-state index contributed by atoms with van der Waals surface area (Å²) in [4.78, 5) is 2.06. The normalized spacial score (nSPS) is 26.4. The summed E-state index contributed by atoms with van der Waals surface area (Å²) < 4.78 is 45.2. The number of likely N-dealkylation sites (tertiary alicyclic amines) is 1. The van der Waals surface area contributed by atoms with Crippen molar-refractivity contribution >= 4 is 10.1 Å². The fraction of sp³-hybridized carbons (Fsp3) is 0.571. The van der Waals surface area contributed by atoms with Crippen LogP contribution < -0.4 is 0 Å². The monoisotopic (exact) mass is 301 g/mol. The summed E-state index contributed by atoms with van der Waals surface area (Å²) in [6, 6.07) is 6.19. The van der Waals surface area contributed by atoms with Gasteiger partial charge in [0, 0.05) is 6.54 Å². The Labute approximate surface area is 119 Å². The number of piperidine rings is 1. The topological polar surface area (TPSA) is 57.6 Å². The average molecular weight is 301 g/mol. The standard InChI is InChI=1S/C14H20FNO3S/c1-10(20(17,18)19)14-9-16(2)8-7-13(14)11-3-5-12(15)6-4-11/h3-6,10,13-14H,7-9H2,1-2H3,(H,17,18,19). The fourth-order valence-corrected chi connectivity index (χ4v) is 3.69. The number of benzene rings is 1. The van der Waals surface area contributed by atoms with Crippen molar-refractivity contribution in [3.63, 3.8) is 0 Å². The van der Waals surface area contributed by atoms with Crippen molar-refractivity contribution in [2.75, 3.05) is 20.1 Å². The van der Waals surface area contributed by atoms with Crippen LogP contribution >= 0.6 is 0 Å². The second-order valence-corrected chi connectivity index (χ2v) is 7.37. The van der Waals surface area contributed by atoms with E-state index in [2.05, 4.69) is 4.90 Å². The third kappa shape index (κ3) is 3.37. The molecule has 6 heteroatoms. The van der Waals surface area contributed by atoms with Crippen molar-refractivity contribution in [1.29, 1.82) is 0 Å². The zero-order valence-corrected chi connectivity index (χ0v) is 12.5. The van der Waals surface area contributed by atoms with Crippen LogP contribution in [-0.4, -0.2) is 43.3 Å². The van der Waals surface area contributed by atoms with Crippen LogP contribution in [0.2, 0.25) is 0 Å². The molecule has 0 aliphatic carbocycles. The van der Waals surface area contributed by atoms with Gasteiger partial charge in [-0.2, -0.15) is 8.42 Å². The Hall–Kier alpha value is -0.980. The van der Waals surface area contributed by atoms with Crippen LogP contribution in [0.1, 0.15) is 24.8 Å². The van der Waals surface area contributed by atoms with E-state index < -0.39 is 15.4 Å². The van der Waals surface area contributed by atoms with E-state index in [1.165, 1.54) is 19.1 Å². The molecule has 2 rings (SSSR count). The Morgan fingerprint density at radius 3 is 2.50 bits per heavy atom. The Morgan fingerprint density at radius 2 is 1.95 bits per heavy atom. The third-order valence-electron chi connectivity index (χ3n) is 4.23. The molecule has 0 aromatic heterocycles. The minimum absolute atomic E-state index is 0.0173. The summed E-state index contributed by atoms with van der Waals surface area (Å²) in [7, 11) is -2.14. The molecule has 1 fully saturated rings. The highest BCUT2D eigenvalue weighted by Gasteiger charge is 2.37. The lowest BCUT2D eigenvalue weighted by atomic mass is 9.79. The van der Waals surface area contributed by atoms with Crippen molar-refractivity contribution in [2.24, 2.45) is 5.92 Å². The lowest BCUT2D eigenvalue weighted by molar-refractivity contribution is 0.179. The number of hydrogen-bond donors (Lipinski definition) is 1. The molecular weight excluding hydrogens is 281 g/mol. The second-order valence-electron chi connectivity index (χ2n) is 5.59. The van der Waals surface area contributed by atoms with Crippen molar-refractivity contribution in [1.82, 2.24) is 4.90 Å². The van der Waals surface area contributed by atoms with Gasteiger partial charge in [0.05, 0.1) is 5.25 Å². The largest absolute Gasteiger partial charge is 0.306 e. The van der Waals surface area contributed by atoms with Gasteiger partial charge in [-0.15, -0.1) is 0 Å². The SMILES string of the molecule is CC(C1CN(C)CCC1c1ccc(F)cc1)S(=O)(=O)O. The first kappa shape index (κ1) is 15.4. The van der Waals surface area contributed by atoms with Gasteiger partial charge in [-0.1, -0.05) is 12.1 Å². The lowest BCUT2D eigenvalue weighted by Crippen LogP contribution is -2.44. The molecule has 112 valence electrons. The molecule has 0 amide bonds. The molecule has 1 aromatic rings. The van der Waals surface area contributed by atoms with Crippen LogP contribution in [0, 0.1) is 11.7 Å². The number of halogens is 1. The Kier molecular flexibility index (Phi) is 4.46. The van der Waals surface area contributed by atoms with Gasteiger partial charge in [-0.25, -0.2) is 4.39 Å². The maximum Gasteiger partial charge on any atom is 0.267 e. The van der Waals surface area contributed by atoms with Crippen LogP contribution in [0.4, 0.5) is 4.39 Å². The summed E-state index contributed by atoms with van der Waals surface area (Å²) in [6.07, 6.45) is 0.798. The van der Waals surface area contributed by atoms with Gasteiger partial charge in [-0.05, 0) is 56.5 Å². The van der Waals surface area contributed by atoms with E-state index in [1.807, 2.05) is 7.05 Å². The first-order valence-electron chi connectivity index (χ1n) is 6.69. The summed E-state index contributed by atoms with van der Waals surface area (Å²) in [5, 5.41) is -0.833. The molecule has 0 radical (unpaired) electrons. The molecule has 0 spiro atoms. The Morgan fingerprint density at radius 1 is 1.35 bits per heavy atom. The molecule has 1 aliphatic heterocycles. The molecule has 0 bridgehead atoms. The highest BCUT2D eigenvalue weighted by Crippen LogP contribution is 2.36. The van der Waals surface area contributed by atoms with E-state index >= 15 is 0 Å². The first-order valence-corrected chi connectivity index (χ1v) is 8.19. The third-order valence-corrected chi connectivity index (χ3v) is 5.52. The predicted molar refractivity (Wildman–Crippen MR) is 75.8 cm³/mol. The molecule has 1 N–H and O–H groups in total. The predicted octanol–water partition coefficient (Wildman–Crippen LogP) is 2.14. The van der Waals surface area contributed by atoms with Crippen LogP contribution in [-0.2, 0) is 10.1 Å². The lowest BCUT2D eigenvalue weighted by Gasteiger charge is -2.39. The van der Waals surface area contributed by atoms with E-state index in [9.17, 15) is 17.4 Å². The highest BCUT2D eigenvalue weighted by molar-refractivity contribution is 7.86. The van der Waals surface area contributed by atoms with Gasteiger partial charge >= 0.3 is 0 Å². The molecule has 20 heavy (non-hydrogen) atoms. The van der Waals surface area contributed by atoms with Crippen LogP contribution in [0.15, 0.2) is 24.3 Å². The highest BCUT2D eigenvalue weighted by atomic mass is 32.2. The van der Waals surface area contributed by atoms with Gasteiger partial charge in [0.15, 0.2) is 0 Å². The molecule has 1 heterocycles. The van der Waals surface area contributed by atoms with Crippen molar-refractivity contribution in [3.8, 4) is 0 Å². The summed E-state index contributed by atoms with van der Waals surface area (Å²) in [5.74, 6) is -0.487.